The largest absolute Gasteiger partial charge is 0.374 e. The Kier molecular flexibility index (Phi) is 4.19. The molecule has 1 saturated carbocycles. The molecule has 2 aliphatic rings. The Bertz CT molecular complexity index is 625. The zero-order chi connectivity index (χ0) is 15.6. The molecule has 1 aromatic heterocycles. The van der Waals surface area contributed by atoms with Crippen molar-refractivity contribution < 1.29 is 4.74 Å². The summed E-state index contributed by atoms with van der Waals surface area (Å²) in [6.45, 7) is 4.20. The minimum absolute atomic E-state index is 0.448. The maximum Gasteiger partial charge on any atom is 0.0720 e. The van der Waals surface area contributed by atoms with Gasteiger partial charge in [0.2, 0.25) is 0 Å². The second kappa shape index (κ2) is 6.46. The van der Waals surface area contributed by atoms with Crippen LogP contribution >= 0.6 is 0 Å². The average molecular weight is 311 g/mol. The van der Waals surface area contributed by atoms with Gasteiger partial charge in [0.25, 0.3) is 0 Å². The van der Waals surface area contributed by atoms with Gasteiger partial charge in [-0.2, -0.15) is 5.10 Å². The third-order valence-corrected chi connectivity index (χ3v) is 5.42. The van der Waals surface area contributed by atoms with Crippen molar-refractivity contribution >= 4 is 0 Å². The number of aryl methyl sites for hydroxylation is 1. The Balaban J connectivity index is 1.26. The van der Waals surface area contributed by atoms with Crippen LogP contribution in [-0.2, 0) is 24.9 Å². The van der Waals surface area contributed by atoms with E-state index < -0.39 is 0 Å². The number of rotatable bonds is 5. The van der Waals surface area contributed by atoms with Crippen LogP contribution in [-0.4, -0.2) is 33.9 Å². The highest BCUT2D eigenvalue weighted by Crippen LogP contribution is 2.40. The minimum Gasteiger partial charge on any atom is -0.374 e. The van der Waals surface area contributed by atoms with Crippen molar-refractivity contribution in [2.75, 3.05) is 13.1 Å². The van der Waals surface area contributed by atoms with Crippen LogP contribution < -0.4 is 0 Å². The molecule has 2 fully saturated rings. The van der Waals surface area contributed by atoms with Crippen LogP contribution in [0.5, 0.6) is 0 Å². The summed E-state index contributed by atoms with van der Waals surface area (Å²) in [5.74, 6) is 1.62. The van der Waals surface area contributed by atoms with Gasteiger partial charge >= 0.3 is 0 Å². The number of ether oxygens (including phenoxy) is 1. The molecule has 0 N–H and O–H groups in total. The van der Waals surface area contributed by atoms with E-state index in [0.29, 0.717) is 6.10 Å². The predicted molar refractivity (Wildman–Crippen MR) is 89.7 cm³/mol. The van der Waals surface area contributed by atoms with Crippen molar-refractivity contribution in [3.05, 3.63) is 53.9 Å². The molecule has 122 valence electrons. The fourth-order valence-corrected chi connectivity index (χ4v) is 4.18. The van der Waals surface area contributed by atoms with Gasteiger partial charge in [-0.3, -0.25) is 9.58 Å². The molecule has 4 heteroatoms. The molecule has 0 radical (unpaired) electrons. The van der Waals surface area contributed by atoms with Crippen LogP contribution in [0.25, 0.3) is 0 Å². The lowest BCUT2D eigenvalue weighted by molar-refractivity contribution is 0.0373. The molecule has 1 aromatic carbocycles. The molecule has 1 saturated heterocycles. The molecule has 23 heavy (non-hydrogen) atoms. The molecule has 1 unspecified atom stereocenters. The van der Waals surface area contributed by atoms with E-state index >= 15 is 0 Å². The Labute approximate surface area is 138 Å². The van der Waals surface area contributed by atoms with Gasteiger partial charge in [-0.05, 0) is 36.3 Å². The summed E-state index contributed by atoms with van der Waals surface area (Å²) in [5, 5.41) is 4.27. The third-order valence-electron chi connectivity index (χ3n) is 5.42. The summed E-state index contributed by atoms with van der Waals surface area (Å²) in [6.07, 6.45) is 4.78. The Morgan fingerprint density at radius 3 is 2.48 bits per heavy atom. The normalized spacial score (nSPS) is 27.4. The fraction of sp³-hybridized carbons (Fsp3) is 0.526. The second-order valence-corrected chi connectivity index (χ2v) is 7.05. The van der Waals surface area contributed by atoms with Crippen LogP contribution in [0.3, 0.4) is 0 Å². The van der Waals surface area contributed by atoms with E-state index in [9.17, 15) is 0 Å². The Morgan fingerprint density at radius 1 is 1.09 bits per heavy atom. The lowest BCUT2D eigenvalue weighted by Gasteiger charge is -2.19. The van der Waals surface area contributed by atoms with E-state index in [1.165, 1.54) is 37.2 Å². The van der Waals surface area contributed by atoms with Gasteiger partial charge in [-0.15, -0.1) is 0 Å². The standard InChI is InChI=1S/C19H25N3O/c1-21-18(7-8-20-21)13-22-11-16-9-19(10-17(16)12-22)23-14-15-5-3-2-4-6-15/h2-8,16-17,19H,9-14H2,1H3/t16-,17+,19?. The second-order valence-electron chi connectivity index (χ2n) is 7.05. The highest BCUT2D eigenvalue weighted by molar-refractivity contribution is 5.13. The van der Waals surface area contributed by atoms with Crippen LogP contribution in [0, 0.1) is 11.8 Å². The van der Waals surface area contributed by atoms with E-state index in [-0.39, 0.29) is 0 Å². The van der Waals surface area contributed by atoms with E-state index in [1.807, 2.05) is 17.9 Å². The summed E-state index contributed by atoms with van der Waals surface area (Å²) in [6, 6.07) is 12.6. The summed E-state index contributed by atoms with van der Waals surface area (Å²) in [5.41, 5.74) is 2.59. The van der Waals surface area contributed by atoms with E-state index in [4.69, 9.17) is 4.74 Å². The topological polar surface area (TPSA) is 30.3 Å². The van der Waals surface area contributed by atoms with Crippen molar-refractivity contribution in [3.63, 3.8) is 0 Å². The number of likely N-dealkylation sites (tertiary alicyclic amines) is 1. The van der Waals surface area contributed by atoms with E-state index in [0.717, 1.165) is 25.0 Å². The highest BCUT2D eigenvalue weighted by atomic mass is 16.5. The first-order valence-corrected chi connectivity index (χ1v) is 8.62. The number of nitrogens with zero attached hydrogens (tertiary/aromatic N) is 3. The van der Waals surface area contributed by atoms with Gasteiger partial charge in [-0.25, -0.2) is 0 Å². The summed E-state index contributed by atoms with van der Waals surface area (Å²) < 4.78 is 8.14. The molecule has 4 rings (SSSR count). The van der Waals surface area contributed by atoms with Crippen LogP contribution in [0.15, 0.2) is 42.6 Å². The molecule has 0 spiro atoms. The molecule has 3 atom stereocenters. The highest BCUT2D eigenvalue weighted by Gasteiger charge is 2.41. The van der Waals surface area contributed by atoms with Crippen LogP contribution in [0.4, 0.5) is 0 Å². The summed E-state index contributed by atoms with van der Waals surface area (Å²) in [7, 11) is 2.03. The molecule has 1 aliphatic carbocycles. The summed E-state index contributed by atoms with van der Waals surface area (Å²) in [4.78, 5) is 2.58. The molecule has 0 amide bonds. The zero-order valence-electron chi connectivity index (χ0n) is 13.8. The van der Waals surface area contributed by atoms with Gasteiger partial charge < -0.3 is 4.74 Å². The Morgan fingerprint density at radius 2 is 1.83 bits per heavy atom. The van der Waals surface area contributed by atoms with E-state index in [1.54, 1.807) is 0 Å². The SMILES string of the molecule is Cn1nccc1CN1C[C@H]2CC(OCc3ccccc3)C[C@H]2C1. The lowest BCUT2D eigenvalue weighted by Crippen LogP contribution is -2.24. The maximum absolute atomic E-state index is 6.15. The summed E-state index contributed by atoms with van der Waals surface area (Å²) >= 11 is 0. The molecular formula is C19H25N3O. The molecule has 4 nitrogen and oxygen atoms in total. The van der Waals surface area contributed by atoms with E-state index in [2.05, 4.69) is 46.4 Å². The smallest absolute Gasteiger partial charge is 0.0720 e. The van der Waals surface area contributed by atoms with Crippen molar-refractivity contribution in [1.29, 1.82) is 0 Å². The van der Waals surface area contributed by atoms with Crippen molar-refractivity contribution in [2.24, 2.45) is 18.9 Å². The van der Waals surface area contributed by atoms with Crippen molar-refractivity contribution in [3.8, 4) is 0 Å². The number of fused-ring (bicyclic) bond motifs is 1. The predicted octanol–water partition coefficient (Wildman–Crippen LogP) is 2.85. The number of aromatic nitrogens is 2. The monoisotopic (exact) mass is 311 g/mol. The molecule has 1 aliphatic heterocycles. The average Bonchev–Trinajstić information content (AvgIpc) is 3.22. The number of benzene rings is 1. The number of hydrogen-bond acceptors (Lipinski definition) is 3. The lowest BCUT2D eigenvalue weighted by atomic mass is 10.0. The van der Waals surface area contributed by atoms with Gasteiger partial charge in [0.05, 0.1) is 18.4 Å². The Hall–Kier alpha value is -1.65. The van der Waals surface area contributed by atoms with Crippen LogP contribution in [0.2, 0.25) is 0 Å². The quantitative estimate of drug-likeness (QED) is 0.850. The molecular weight excluding hydrogens is 286 g/mol. The van der Waals surface area contributed by atoms with Gasteiger partial charge in [-0.1, -0.05) is 30.3 Å². The van der Waals surface area contributed by atoms with Crippen molar-refractivity contribution in [2.45, 2.75) is 32.1 Å². The first-order chi connectivity index (χ1) is 11.3. The third kappa shape index (κ3) is 3.33. The zero-order valence-corrected chi connectivity index (χ0v) is 13.8. The fourth-order valence-electron chi connectivity index (χ4n) is 4.18. The molecule has 0 bridgehead atoms. The maximum atomic E-state index is 6.15. The van der Waals surface area contributed by atoms with Crippen molar-refractivity contribution in [1.82, 2.24) is 14.7 Å². The molecule has 2 aromatic rings. The first kappa shape index (κ1) is 14.9. The van der Waals surface area contributed by atoms with Gasteiger partial charge in [0, 0.05) is 32.9 Å². The molecule has 2 heterocycles. The van der Waals surface area contributed by atoms with Gasteiger partial charge in [0.15, 0.2) is 0 Å². The first-order valence-electron chi connectivity index (χ1n) is 8.62. The van der Waals surface area contributed by atoms with Crippen LogP contribution in [0.1, 0.15) is 24.1 Å². The minimum atomic E-state index is 0.448. The number of hydrogen-bond donors (Lipinski definition) is 0. The van der Waals surface area contributed by atoms with Gasteiger partial charge in [0.1, 0.15) is 0 Å².